The quantitative estimate of drug-likeness (QED) is 0.721. The Balaban J connectivity index is 1.67. The van der Waals surface area contributed by atoms with Crippen LogP contribution in [0.5, 0.6) is 0 Å². The van der Waals surface area contributed by atoms with Crippen molar-refractivity contribution in [3.63, 3.8) is 0 Å². The molecule has 0 N–H and O–H groups in total. The van der Waals surface area contributed by atoms with Crippen molar-refractivity contribution in [2.45, 2.75) is 45.4 Å². The van der Waals surface area contributed by atoms with Crippen LogP contribution in [0, 0.1) is 5.41 Å². The molecule has 0 aliphatic carbocycles. The molecule has 0 bridgehead atoms. The highest BCUT2D eigenvalue weighted by Gasteiger charge is 2.46. The third kappa shape index (κ3) is 4.52. The highest BCUT2D eigenvalue weighted by molar-refractivity contribution is 5.85. The van der Waals surface area contributed by atoms with E-state index in [1.165, 1.54) is 0 Å². The molecule has 1 aromatic rings. The lowest BCUT2D eigenvalue weighted by Crippen LogP contribution is -2.54. The van der Waals surface area contributed by atoms with Gasteiger partial charge in [-0.15, -0.1) is 0 Å². The Morgan fingerprint density at radius 2 is 1.89 bits per heavy atom. The van der Waals surface area contributed by atoms with Gasteiger partial charge in [-0.05, 0) is 44.1 Å². The van der Waals surface area contributed by atoms with Crippen LogP contribution in [0.25, 0.3) is 0 Å². The summed E-state index contributed by atoms with van der Waals surface area (Å²) in [5.41, 5.74) is 1.25. The SMILES string of the molecule is CCOCCC(=O)N1CCC2(CC1)CC(c1ccccc1)C(=O)N(CC)C2. The van der Waals surface area contributed by atoms with Crippen molar-refractivity contribution in [1.82, 2.24) is 9.80 Å². The molecule has 3 rings (SSSR count). The van der Waals surface area contributed by atoms with Crippen molar-refractivity contribution in [1.29, 1.82) is 0 Å². The van der Waals surface area contributed by atoms with Gasteiger partial charge in [0.25, 0.3) is 0 Å². The topological polar surface area (TPSA) is 49.9 Å². The van der Waals surface area contributed by atoms with Crippen LogP contribution in [0.1, 0.15) is 51.0 Å². The van der Waals surface area contributed by atoms with Gasteiger partial charge in [-0.1, -0.05) is 30.3 Å². The van der Waals surface area contributed by atoms with Gasteiger partial charge in [-0.2, -0.15) is 0 Å². The Labute approximate surface area is 162 Å². The summed E-state index contributed by atoms with van der Waals surface area (Å²) in [6.07, 6.45) is 3.31. The molecule has 1 atom stereocenters. The van der Waals surface area contributed by atoms with Gasteiger partial charge < -0.3 is 14.5 Å². The van der Waals surface area contributed by atoms with E-state index in [1.54, 1.807) is 0 Å². The molecule has 0 radical (unpaired) electrons. The summed E-state index contributed by atoms with van der Waals surface area (Å²) in [6.45, 7) is 8.32. The smallest absolute Gasteiger partial charge is 0.230 e. The third-order valence-electron chi connectivity index (χ3n) is 6.20. The van der Waals surface area contributed by atoms with E-state index in [9.17, 15) is 9.59 Å². The molecule has 0 aromatic heterocycles. The molecule has 2 amide bonds. The average Bonchev–Trinajstić information content (AvgIpc) is 2.71. The average molecular weight is 373 g/mol. The lowest BCUT2D eigenvalue weighted by Gasteiger charge is -2.49. The number of likely N-dealkylation sites (N-methyl/N-ethyl adjacent to an activating group) is 1. The molecular formula is C22H32N2O3. The van der Waals surface area contributed by atoms with Gasteiger partial charge in [-0.25, -0.2) is 0 Å². The van der Waals surface area contributed by atoms with Crippen LogP contribution >= 0.6 is 0 Å². The predicted octanol–water partition coefficient (Wildman–Crippen LogP) is 3.06. The van der Waals surface area contributed by atoms with Crippen molar-refractivity contribution >= 4 is 11.8 Å². The summed E-state index contributed by atoms with van der Waals surface area (Å²) in [7, 11) is 0. The van der Waals surface area contributed by atoms with Crippen molar-refractivity contribution in [3.05, 3.63) is 35.9 Å². The Morgan fingerprint density at radius 3 is 2.52 bits per heavy atom. The van der Waals surface area contributed by atoms with E-state index >= 15 is 0 Å². The van der Waals surface area contributed by atoms with Crippen LogP contribution in [0.2, 0.25) is 0 Å². The Kier molecular flexibility index (Phi) is 6.53. The second-order valence-electron chi connectivity index (χ2n) is 7.85. The van der Waals surface area contributed by atoms with Crippen LogP contribution in [-0.4, -0.2) is 61.0 Å². The maximum Gasteiger partial charge on any atom is 0.230 e. The zero-order valence-corrected chi connectivity index (χ0v) is 16.7. The minimum absolute atomic E-state index is 0.0555. The maximum atomic E-state index is 12.9. The Morgan fingerprint density at radius 1 is 1.19 bits per heavy atom. The minimum atomic E-state index is -0.0555. The molecule has 5 heteroatoms. The van der Waals surface area contributed by atoms with E-state index in [0.717, 1.165) is 51.0 Å². The standard InChI is InChI=1S/C22H32N2O3/c1-3-23-17-22(16-19(21(23)26)18-8-6-5-7-9-18)11-13-24(14-12-22)20(25)10-15-27-4-2/h5-9,19H,3-4,10-17H2,1-2H3. The van der Waals surface area contributed by atoms with E-state index in [-0.39, 0.29) is 23.1 Å². The van der Waals surface area contributed by atoms with Gasteiger partial charge in [0.15, 0.2) is 0 Å². The molecule has 0 saturated carbocycles. The molecule has 1 aromatic carbocycles. The molecular weight excluding hydrogens is 340 g/mol. The monoisotopic (exact) mass is 372 g/mol. The largest absolute Gasteiger partial charge is 0.381 e. The maximum absolute atomic E-state index is 12.9. The van der Waals surface area contributed by atoms with Crippen molar-refractivity contribution in [2.24, 2.45) is 5.41 Å². The van der Waals surface area contributed by atoms with Gasteiger partial charge in [-0.3, -0.25) is 9.59 Å². The zero-order valence-electron chi connectivity index (χ0n) is 16.7. The number of hydrogen-bond acceptors (Lipinski definition) is 3. The zero-order chi connectivity index (χ0) is 19.3. The van der Waals surface area contributed by atoms with Crippen LogP contribution in [0.3, 0.4) is 0 Å². The molecule has 1 unspecified atom stereocenters. The first-order valence-electron chi connectivity index (χ1n) is 10.3. The first-order valence-corrected chi connectivity index (χ1v) is 10.3. The van der Waals surface area contributed by atoms with Crippen LogP contribution < -0.4 is 0 Å². The third-order valence-corrected chi connectivity index (χ3v) is 6.20. The first-order chi connectivity index (χ1) is 13.1. The second kappa shape index (κ2) is 8.87. The van der Waals surface area contributed by atoms with Gasteiger partial charge in [0, 0.05) is 32.8 Å². The summed E-state index contributed by atoms with van der Waals surface area (Å²) < 4.78 is 5.32. The summed E-state index contributed by atoms with van der Waals surface area (Å²) >= 11 is 0. The number of likely N-dealkylation sites (tertiary alicyclic amines) is 2. The van der Waals surface area contributed by atoms with Gasteiger partial charge >= 0.3 is 0 Å². The van der Waals surface area contributed by atoms with Crippen LogP contribution in [0.4, 0.5) is 0 Å². The lowest BCUT2D eigenvalue weighted by molar-refractivity contribution is -0.144. The number of hydrogen-bond donors (Lipinski definition) is 0. The lowest BCUT2D eigenvalue weighted by atomic mass is 9.67. The number of nitrogens with zero attached hydrogens (tertiary/aromatic N) is 2. The molecule has 2 heterocycles. The fourth-order valence-electron chi connectivity index (χ4n) is 4.56. The van der Waals surface area contributed by atoms with E-state index in [1.807, 2.05) is 34.9 Å². The normalized spacial score (nSPS) is 22.3. The number of rotatable bonds is 6. The summed E-state index contributed by atoms with van der Waals surface area (Å²) in [4.78, 5) is 29.3. The molecule has 5 nitrogen and oxygen atoms in total. The predicted molar refractivity (Wildman–Crippen MR) is 105 cm³/mol. The number of benzene rings is 1. The second-order valence-corrected chi connectivity index (χ2v) is 7.85. The fraction of sp³-hybridized carbons (Fsp3) is 0.636. The Hall–Kier alpha value is -1.88. The highest BCUT2D eigenvalue weighted by atomic mass is 16.5. The van der Waals surface area contributed by atoms with Gasteiger partial charge in [0.1, 0.15) is 0 Å². The number of carbonyl (C=O) groups excluding carboxylic acids is 2. The van der Waals surface area contributed by atoms with E-state index in [4.69, 9.17) is 4.74 Å². The van der Waals surface area contributed by atoms with E-state index in [0.29, 0.717) is 19.6 Å². The summed E-state index contributed by atoms with van der Waals surface area (Å²) in [5.74, 6) is 0.391. The number of carbonyl (C=O) groups is 2. The molecule has 2 aliphatic rings. The summed E-state index contributed by atoms with van der Waals surface area (Å²) in [5, 5.41) is 0. The number of ether oxygens (including phenoxy) is 1. The minimum Gasteiger partial charge on any atom is -0.381 e. The van der Waals surface area contributed by atoms with Gasteiger partial charge in [0.2, 0.25) is 11.8 Å². The van der Waals surface area contributed by atoms with E-state index < -0.39 is 0 Å². The molecule has 27 heavy (non-hydrogen) atoms. The number of amides is 2. The van der Waals surface area contributed by atoms with Crippen molar-refractivity contribution in [2.75, 3.05) is 39.4 Å². The van der Waals surface area contributed by atoms with Crippen LogP contribution in [-0.2, 0) is 14.3 Å². The summed E-state index contributed by atoms with van der Waals surface area (Å²) in [6, 6.07) is 10.2. The molecule has 2 aliphatic heterocycles. The fourth-order valence-corrected chi connectivity index (χ4v) is 4.56. The Bertz CT molecular complexity index is 638. The first kappa shape index (κ1) is 19.9. The molecule has 148 valence electrons. The van der Waals surface area contributed by atoms with E-state index in [2.05, 4.69) is 19.1 Å². The molecule has 2 fully saturated rings. The van der Waals surface area contributed by atoms with Crippen LogP contribution in [0.15, 0.2) is 30.3 Å². The highest BCUT2D eigenvalue weighted by Crippen LogP contribution is 2.45. The molecule has 1 spiro atoms. The number of piperidine rings is 2. The molecule has 2 saturated heterocycles. The van der Waals surface area contributed by atoms with Crippen molar-refractivity contribution in [3.8, 4) is 0 Å². The van der Waals surface area contributed by atoms with Crippen molar-refractivity contribution < 1.29 is 14.3 Å². The van der Waals surface area contributed by atoms with Gasteiger partial charge in [0.05, 0.1) is 18.9 Å².